The summed E-state index contributed by atoms with van der Waals surface area (Å²) in [6.45, 7) is 6.72. The fraction of sp³-hybridized carbons (Fsp3) is 0.294. The molecule has 20 heavy (non-hydrogen) atoms. The van der Waals surface area contributed by atoms with Crippen LogP contribution in [0.15, 0.2) is 42.5 Å². The minimum Gasteiger partial charge on any atom is -0.508 e. The van der Waals surface area contributed by atoms with E-state index in [-0.39, 0.29) is 11.8 Å². The van der Waals surface area contributed by atoms with Gasteiger partial charge in [0, 0.05) is 6.04 Å². The summed E-state index contributed by atoms with van der Waals surface area (Å²) >= 11 is 0. The molecule has 0 aliphatic carbocycles. The fourth-order valence-corrected chi connectivity index (χ4v) is 2.13. The maximum atomic E-state index is 9.55. The minimum absolute atomic E-state index is 0.0870. The molecule has 1 atom stereocenters. The van der Waals surface area contributed by atoms with Crippen molar-refractivity contribution in [2.45, 2.75) is 26.8 Å². The molecule has 2 aromatic rings. The van der Waals surface area contributed by atoms with Crippen LogP contribution in [-0.4, -0.2) is 11.7 Å². The number of ether oxygens (including phenoxy) is 1. The normalized spacial score (nSPS) is 11.9. The largest absolute Gasteiger partial charge is 0.508 e. The van der Waals surface area contributed by atoms with Gasteiger partial charge in [-0.3, -0.25) is 0 Å². The Morgan fingerprint density at radius 1 is 1.20 bits per heavy atom. The van der Waals surface area contributed by atoms with Gasteiger partial charge in [-0.05, 0) is 56.2 Å². The predicted molar refractivity (Wildman–Crippen MR) is 82.5 cm³/mol. The van der Waals surface area contributed by atoms with Gasteiger partial charge in [0.05, 0.1) is 12.3 Å². The third-order valence-electron chi connectivity index (χ3n) is 3.18. The average molecular weight is 271 g/mol. The average Bonchev–Trinajstić information content (AvgIpc) is 2.42. The van der Waals surface area contributed by atoms with Crippen LogP contribution in [0.4, 0.5) is 5.69 Å². The number of aryl methyl sites for hydroxylation is 1. The molecule has 2 aromatic carbocycles. The van der Waals surface area contributed by atoms with Crippen molar-refractivity contribution in [2.75, 3.05) is 11.9 Å². The van der Waals surface area contributed by atoms with Crippen LogP contribution in [0, 0.1) is 6.92 Å². The monoisotopic (exact) mass is 271 g/mol. The minimum atomic E-state index is 0.0870. The summed E-state index contributed by atoms with van der Waals surface area (Å²) in [6.07, 6.45) is 0. The van der Waals surface area contributed by atoms with Crippen molar-refractivity contribution in [2.24, 2.45) is 0 Å². The highest BCUT2D eigenvalue weighted by Gasteiger charge is 2.10. The second kappa shape index (κ2) is 6.33. The highest BCUT2D eigenvalue weighted by molar-refractivity contribution is 5.58. The quantitative estimate of drug-likeness (QED) is 0.853. The van der Waals surface area contributed by atoms with E-state index in [1.807, 2.05) is 38.1 Å². The molecule has 0 amide bonds. The first-order chi connectivity index (χ1) is 9.60. The number of nitrogens with one attached hydrogen (secondary N) is 1. The molecule has 0 spiro atoms. The van der Waals surface area contributed by atoms with Crippen LogP contribution in [0.1, 0.15) is 31.0 Å². The van der Waals surface area contributed by atoms with Gasteiger partial charge in [0.15, 0.2) is 0 Å². The topological polar surface area (TPSA) is 41.5 Å². The summed E-state index contributed by atoms with van der Waals surface area (Å²) in [7, 11) is 0. The zero-order chi connectivity index (χ0) is 14.5. The molecule has 0 saturated heterocycles. The van der Waals surface area contributed by atoms with Gasteiger partial charge < -0.3 is 15.2 Å². The van der Waals surface area contributed by atoms with E-state index in [0.29, 0.717) is 6.61 Å². The smallest absolute Gasteiger partial charge is 0.142 e. The van der Waals surface area contributed by atoms with Crippen LogP contribution in [0.2, 0.25) is 0 Å². The molecule has 0 fully saturated rings. The lowest BCUT2D eigenvalue weighted by Gasteiger charge is -2.19. The van der Waals surface area contributed by atoms with Gasteiger partial charge in [0.1, 0.15) is 11.5 Å². The van der Waals surface area contributed by atoms with Gasteiger partial charge in [-0.25, -0.2) is 0 Å². The van der Waals surface area contributed by atoms with Crippen molar-refractivity contribution >= 4 is 5.69 Å². The first kappa shape index (κ1) is 14.3. The van der Waals surface area contributed by atoms with E-state index in [9.17, 15) is 5.11 Å². The molecule has 3 heteroatoms. The van der Waals surface area contributed by atoms with Crippen molar-refractivity contribution in [3.63, 3.8) is 0 Å². The summed E-state index contributed by atoms with van der Waals surface area (Å²) in [5.74, 6) is 1.14. The molecular weight excluding hydrogens is 250 g/mol. The molecule has 0 aromatic heterocycles. The molecule has 2 N–H and O–H groups in total. The van der Waals surface area contributed by atoms with Crippen molar-refractivity contribution < 1.29 is 9.84 Å². The van der Waals surface area contributed by atoms with E-state index < -0.39 is 0 Å². The van der Waals surface area contributed by atoms with Crippen LogP contribution in [0.5, 0.6) is 11.5 Å². The Balaban J connectivity index is 2.21. The maximum Gasteiger partial charge on any atom is 0.142 e. The SMILES string of the molecule is CCOc1cc(C)ccc1NC(C)c1cccc(O)c1. The highest BCUT2D eigenvalue weighted by atomic mass is 16.5. The molecule has 1 unspecified atom stereocenters. The predicted octanol–water partition coefficient (Wildman–Crippen LogP) is 4.27. The van der Waals surface area contributed by atoms with Crippen molar-refractivity contribution in [3.05, 3.63) is 53.6 Å². The van der Waals surface area contributed by atoms with Crippen LogP contribution >= 0.6 is 0 Å². The summed E-state index contributed by atoms with van der Waals surface area (Å²) < 4.78 is 5.67. The zero-order valence-electron chi connectivity index (χ0n) is 12.2. The first-order valence-electron chi connectivity index (χ1n) is 6.89. The number of anilines is 1. The second-order valence-electron chi connectivity index (χ2n) is 4.89. The molecule has 0 bridgehead atoms. The number of hydrogen-bond acceptors (Lipinski definition) is 3. The summed E-state index contributed by atoms with van der Waals surface area (Å²) in [4.78, 5) is 0. The van der Waals surface area contributed by atoms with Gasteiger partial charge in [-0.15, -0.1) is 0 Å². The number of phenolic OH excluding ortho intramolecular Hbond substituents is 1. The van der Waals surface area contributed by atoms with Gasteiger partial charge in [-0.1, -0.05) is 18.2 Å². The van der Waals surface area contributed by atoms with Crippen LogP contribution in [-0.2, 0) is 0 Å². The third-order valence-corrected chi connectivity index (χ3v) is 3.18. The van der Waals surface area contributed by atoms with Crippen LogP contribution < -0.4 is 10.1 Å². The molecule has 0 heterocycles. The van der Waals surface area contributed by atoms with Gasteiger partial charge in [0.25, 0.3) is 0 Å². The van der Waals surface area contributed by atoms with E-state index >= 15 is 0 Å². The van der Waals surface area contributed by atoms with Gasteiger partial charge >= 0.3 is 0 Å². The molecule has 0 saturated carbocycles. The Morgan fingerprint density at radius 3 is 2.70 bits per heavy atom. The summed E-state index contributed by atoms with van der Waals surface area (Å²) in [6, 6.07) is 13.5. The molecule has 0 aliphatic heterocycles. The van der Waals surface area contributed by atoms with E-state index in [1.165, 1.54) is 5.56 Å². The molecular formula is C17H21NO2. The molecule has 0 radical (unpaired) electrons. The van der Waals surface area contributed by atoms with Crippen LogP contribution in [0.3, 0.4) is 0 Å². The van der Waals surface area contributed by atoms with E-state index in [2.05, 4.69) is 18.3 Å². The summed E-state index contributed by atoms with van der Waals surface area (Å²) in [5, 5.41) is 13.0. The Labute approximate surface area is 120 Å². The zero-order valence-corrected chi connectivity index (χ0v) is 12.2. The maximum absolute atomic E-state index is 9.55. The number of aromatic hydroxyl groups is 1. The first-order valence-corrected chi connectivity index (χ1v) is 6.89. The standard InChI is InChI=1S/C17H21NO2/c1-4-20-17-10-12(2)8-9-16(17)18-13(3)14-6-5-7-15(19)11-14/h5-11,13,18-19H,4H2,1-3H3. The van der Waals surface area contributed by atoms with E-state index in [4.69, 9.17) is 4.74 Å². The van der Waals surface area contributed by atoms with Crippen molar-refractivity contribution in [3.8, 4) is 11.5 Å². The third kappa shape index (κ3) is 3.44. The van der Waals surface area contributed by atoms with Crippen molar-refractivity contribution in [1.82, 2.24) is 0 Å². The van der Waals surface area contributed by atoms with Crippen LogP contribution in [0.25, 0.3) is 0 Å². The lowest BCUT2D eigenvalue weighted by atomic mass is 10.1. The second-order valence-corrected chi connectivity index (χ2v) is 4.89. The fourth-order valence-electron chi connectivity index (χ4n) is 2.13. The Bertz CT molecular complexity index is 581. The molecule has 0 aliphatic rings. The Hall–Kier alpha value is -2.16. The molecule has 106 valence electrons. The Morgan fingerprint density at radius 2 is 2.00 bits per heavy atom. The Kier molecular flexibility index (Phi) is 4.51. The van der Waals surface area contributed by atoms with Gasteiger partial charge in [0.2, 0.25) is 0 Å². The number of benzene rings is 2. The van der Waals surface area contributed by atoms with Crippen molar-refractivity contribution in [1.29, 1.82) is 0 Å². The lowest BCUT2D eigenvalue weighted by Crippen LogP contribution is -2.08. The number of rotatable bonds is 5. The summed E-state index contributed by atoms with van der Waals surface area (Å²) in [5.41, 5.74) is 3.17. The number of phenols is 1. The number of hydrogen-bond donors (Lipinski definition) is 2. The van der Waals surface area contributed by atoms with Gasteiger partial charge in [-0.2, -0.15) is 0 Å². The van der Waals surface area contributed by atoms with E-state index in [0.717, 1.165) is 17.0 Å². The van der Waals surface area contributed by atoms with E-state index in [1.54, 1.807) is 12.1 Å². The lowest BCUT2D eigenvalue weighted by molar-refractivity contribution is 0.341. The highest BCUT2D eigenvalue weighted by Crippen LogP contribution is 2.30. The molecule has 3 nitrogen and oxygen atoms in total. The molecule has 2 rings (SSSR count).